The third kappa shape index (κ3) is 4.16. The van der Waals surface area contributed by atoms with Crippen molar-refractivity contribution in [3.05, 3.63) is 23.2 Å². The number of hydrogen-bond donors (Lipinski definition) is 2. The van der Waals surface area contributed by atoms with Crippen LogP contribution in [0.25, 0.3) is 22.6 Å². The van der Waals surface area contributed by atoms with Crippen molar-refractivity contribution in [3.8, 4) is 11.4 Å². The number of fused-ring (bicyclic) bond motifs is 2. The van der Waals surface area contributed by atoms with Crippen LogP contribution in [-0.2, 0) is 30.0 Å². The van der Waals surface area contributed by atoms with Crippen molar-refractivity contribution in [2.75, 3.05) is 12.3 Å². The molecule has 0 bridgehead atoms. The fraction of sp³-hybridized carbons (Fsp3) is 0.550. The van der Waals surface area contributed by atoms with Crippen molar-refractivity contribution in [1.82, 2.24) is 19.5 Å². The van der Waals surface area contributed by atoms with Gasteiger partial charge >= 0.3 is 6.72 Å². The molecule has 0 amide bonds. The first kappa shape index (κ1) is 24.4. The Labute approximate surface area is 207 Å². The van der Waals surface area contributed by atoms with Gasteiger partial charge in [0, 0.05) is 10.9 Å². The number of nitrogens with zero attached hydrogens (tertiary/aromatic N) is 4. The molecule has 2 aliphatic rings. The van der Waals surface area contributed by atoms with Crippen LogP contribution in [0.3, 0.4) is 0 Å². The molecule has 0 aromatic carbocycles. The molecular weight excluding hydrogens is 513 g/mol. The highest BCUT2D eigenvalue weighted by Crippen LogP contribution is 2.55. The fourth-order valence-electron chi connectivity index (χ4n) is 3.93. The van der Waals surface area contributed by atoms with Gasteiger partial charge in [-0.05, 0) is 41.4 Å². The average molecular weight is 542 g/mol. The molecule has 5 heterocycles. The number of imidazole rings is 1. The lowest BCUT2D eigenvalue weighted by molar-refractivity contribution is -0.0585. The van der Waals surface area contributed by atoms with Gasteiger partial charge in [-0.25, -0.2) is 15.0 Å². The normalized spacial score (nSPS) is 30.1. The molecule has 2 aliphatic heterocycles. The monoisotopic (exact) mass is 541 g/mol. The first-order chi connectivity index (χ1) is 15.9. The number of anilines is 1. The summed E-state index contributed by atoms with van der Waals surface area (Å²) in [7, 11) is -2.30. The molecule has 3 aromatic rings. The van der Waals surface area contributed by atoms with E-state index in [1.54, 1.807) is 11.3 Å². The standard InChI is InChI=1S/C20H28N5O5PS2Si/c1-20(2,3)34(4,5)30-15-14-12(8-27-31(26,32)29-14)28-19(15)25-17(11-6-7-33-9-11)24-13-16(21)22-10-23-18(13)25/h6-7,9-10,12,14-15,19H,8H2,1-5H3,(H,26,32)(H2,21,22,23)/t12?,14?,15-,19-,31?/m1/s1. The van der Waals surface area contributed by atoms with Gasteiger partial charge in [-0.1, -0.05) is 20.8 Å². The fourth-order valence-corrected chi connectivity index (χ4v) is 7.29. The molecule has 34 heavy (non-hydrogen) atoms. The highest BCUT2D eigenvalue weighted by Gasteiger charge is 2.55. The smallest absolute Gasteiger partial charge is 0.325 e. The summed E-state index contributed by atoms with van der Waals surface area (Å²) in [4.78, 5) is 23.8. The van der Waals surface area contributed by atoms with Crippen molar-refractivity contribution < 1.29 is 23.1 Å². The number of aromatic nitrogens is 4. The second kappa shape index (κ2) is 8.39. The Balaban J connectivity index is 1.68. The van der Waals surface area contributed by atoms with E-state index in [4.69, 9.17) is 40.7 Å². The van der Waals surface area contributed by atoms with Gasteiger partial charge in [0.25, 0.3) is 0 Å². The number of nitrogen functional groups attached to an aromatic ring is 1. The van der Waals surface area contributed by atoms with Crippen molar-refractivity contribution in [2.45, 2.75) is 63.4 Å². The average Bonchev–Trinajstić information content (AvgIpc) is 3.44. The Morgan fingerprint density at radius 3 is 2.79 bits per heavy atom. The van der Waals surface area contributed by atoms with E-state index in [0.717, 1.165) is 5.56 Å². The van der Waals surface area contributed by atoms with E-state index in [9.17, 15) is 4.89 Å². The van der Waals surface area contributed by atoms with Crippen LogP contribution in [0.2, 0.25) is 18.1 Å². The Morgan fingerprint density at radius 1 is 1.35 bits per heavy atom. The molecule has 3 unspecified atom stereocenters. The topological polar surface area (TPSA) is 127 Å². The predicted octanol–water partition coefficient (Wildman–Crippen LogP) is 4.06. The maximum atomic E-state index is 10.5. The van der Waals surface area contributed by atoms with E-state index in [2.05, 4.69) is 43.8 Å². The molecule has 2 fully saturated rings. The Bertz CT molecular complexity index is 1260. The second-order valence-electron chi connectivity index (χ2n) is 9.99. The zero-order valence-corrected chi connectivity index (χ0v) is 23.1. The molecule has 0 aliphatic carbocycles. The molecule has 5 rings (SSSR count). The summed E-state index contributed by atoms with van der Waals surface area (Å²) >= 11 is 6.74. The zero-order chi connectivity index (χ0) is 24.5. The molecule has 5 atom stereocenters. The summed E-state index contributed by atoms with van der Waals surface area (Å²) in [6, 6.07) is 1.98. The van der Waals surface area contributed by atoms with E-state index in [-0.39, 0.29) is 17.5 Å². The summed E-state index contributed by atoms with van der Waals surface area (Å²) in [6.45, 7) is 7.54. The van der Waals surface area contributed by atoms with E-state index in [1.165, 1.54) is 6.33 Å². The zero-order valence-electron chi connectivity index (χ0n) is 19.5. The molecule has 14 heteroatoms. The third-order valence-electron chi connectivity index (χ3n) is 6.72. The van der Waals surface area contributed by atoms with Crippen molar-refractivity contribution in [1.29, 1.82) is 0 Å². The number of rotatable bonds is 4. The van der Waals surface area contributed by atoms with E-state index in [0.29, 0.717) is 17.0 Å². The molecule has 0 radical (unpaired) electrons. The summed E-state index contributed by atoms with van der Waals surface area (Å²) in [6.07, 6.45) is -0.901. The first-order valence-electron chi connectivity index (χ1n) is 10.9. The number of nitrogens with two attached hydrogens (primary N) is 1. The predicted molar refractivity (Wildman–Crippen MR) is 136 cm³/mol. The molecule has 184 valence electrons. The van der Waals surface area contributed by atoms with Crippen LogP contribution >= 0.6 is 18.1 Å². The maximum Gasteiger partial charge on any atom is 0.325 e. The van der Waals surface area contributed by atoms with Crippen LogP contribution in [0.4, 0.5) is 5.82 Å². The van der Waals surface area contributed by atoms with Gasteiger partial charge in [-0.3, -0.25) is 9.09 Å². The van der Waals surface area contributed by atoms with Crippen LogP contribution in [0.5, 0.6) is 0 Å². The van der Waals surface area contributed by atoms with Crippen LogP contribution in [-0.4, -0.2) is 57.6 Å². The summed E-state index contributed by atoms with van der Waals surface area (Å²) in [5, 5.41) is 3.91. The maximum absolute atomic E-state index is 10.5. The number of hydrogen-bond acceptors (Lipinski definition) is 10. The molecule has 0 spiro atoms. The van der Waals surface area contributed by atoms with Crippen molar-refractivity contribution >= 4 is 55.2 Å². The minimum absolute atomic E-state index is 0.0694. The van der Waals surface area contributed by atoms with Crippen LogP contribution in [0, 0.1) is 0 Å². The minimum atomic E-state index is -3.40. The van der Waals surface area contributed by atoms with Gasteiger partial charge in [0.1, 0.15) is 30.5 Å². The molecule has 3 aromatic heterocycles. The van der Waals surface area contributed by atoms with Crippen molar-refractivity contribution in [2.24, 2.45) is 0 Å². The summed E-state index contributed by atoms with van der Waals surface area (Å²) < 4.78 is 26.6. The largest absolute Gasteiger partial charge is 0.407 e. The van der Waals surface area contributed by atoms with Gasteiger partial charge < -0.3 is 24.3 Å². The summed E-state index contributed by atoms with van der Waals surface area (Å²) in [5.41, 5.74) is 8.08. The minimum Gasteiger partial charge on any atom is -0.407 e. The van der Waals surface area contributed by atoms with Crippen molar-refractivity contribution in [3.63, 3.8) is 0 Å². The van der Waals surface area contributed by atoms with Crippen LogP contribution in [0.15, 0.2) is 23.2 Å². The van der Waals surface area contributed by atoms with Gasteiger partial charge in [0.05, 0.1) is 6.61 Å². The lowest BCUT2D eigenvalue weighted by Gasteiger charge is -2.41. The molecular formula is C20H28N5O5PS2Si. The number of ether oxygens (including phenoxy) is 1. The SMILES string of the molecule is CC(C)(C)[Si](C)(C)O[C@@H]1C2OP(O)(=S)OCC2O[C@H]1n1c(-c2ccsc2)nc2c(N)ncnc21. The van der Waals surface area contributed by atoms with E-state index >= 15 is 0 Å². The Kier molecular flexibility index (Phi) is 6.03. The Hall–Kier alpha value is -1.28. The van der Waals surface area contributed by atoms with Gasteiger partial charge in [-0.2, -0.15) is 11.3 Å². The quantitative estimate of drug-likeness (QED) is 0.369. The number of thiophene rings is 1. The van der Waals surface area contributed by atoms with Gasteiger partial charge in [0.15, 0.2) is 31.5 Å². The summed E-state index contributed by atoms with van der Waals surface area (Å²) in [5.74, 6) is 0.920. The Morgan fingerprint density at radius 2 is 2.12 bits per heavy atom. The van der Waals surface area contributed by atoms with Gasteiger partial charge in [-0.15, -0.1) is 0 Å². The van der Waals surface area contributed by atoms with E-state index < -0.39 is 39.6 Å². The van der Waals surface area contributed by atoms with Gasteiger partial charge in [0.2, 0.25) is 0 Å². The highest BCUT2D eigenvalue weighted by molar-refractivity contribution is 8.07. The lowest BCUT2D eigenvalue weighted by Crippen LogP contribution is -2.50. The second-order valence-corrected chi connectivity index (χ2v) is 18.3. The van der Waals surface area contributed by atoms with Crippen LogP contribution in [0.1, 0.15) is 27.0 Å². The molecule has 2 saturated heterocycles. The van der Waals surface area contributed by atoms with Crippen LogP contribution < -0.4 is 5.73 Å². The molecule has 0 saturated carbocycles. The lowest BCUT2D eigenvalue weighted by atomic mass is 10.1. The molecule has 3 N–H and O–H groups in total. The third-order valence-corrected chi connectivity index (χ3v) is 13.4. The van der Waals surface area contributed by atoms with E-state index in [1.807, 2.05) is 21.4 Å². The highest BCUT2D eigenvalue weighted by atomic mass is 32.5. The molecule has 10 nitrogen and oxygen atoms in total. The first-order valence-corrected chi connectivity index (χ1v) is 17.3.